The van der Waals surface area contributed by atoms with Crippen LogP contribution in [-0.2, 0) is 0 Å². The molecule has 0 unspecified atom stereocenters. The molecule has 1 rings (SSSR count). The van der Waals surface area contributed by atoms with Crippen LogP contribution < -0.4 is 15.4 Å². The molecule has 108 valence electrons. The molecule has 0 radical (unpaired) electrons. The van der Waals surface area contributed by atoms with Crippen LogP contribution in [0.5, 0.6) is 5.88 Å². The summed E-state index contributed by atoms with van der Waals surface area (Å²) in [6.07, 6.45) is 2.96. The number of hydrogen-bond donors (Lipinski definition) is 2. The minimum absolute atomic E-state index is 0.0555. The van der Waals surface area contributed by atoms with Gasteiger partial charge in [0.1, 0.15) is 5.82 Å². The first-order chi connectivity index (χ1) is 9.04. The predicted molar refractivity (Wildman–Crippen MR) is 78.6 cm³/mol. The van der Waals surface area contributed by atoms with Gasteiger partial charge in [-0.2, -0.15) is 4.98 Å². The van der Waals surface area contributed by atoms with Gasteiger partial charge in [-0.05, 0) is 45.2 Å². The zero-order valence-electron chi connectivity index (χ0n) is 12.1. The Kier molecular flexibility index (Phi) is 6.42. The highest BCUT2D eigenvalue weighted by Crippen LogP contribution is 2.23. The van der Waals surface area contributed by atoms with Gasteiger partial charge in [-0.15, -0.1) is 0 Å². The average molecular weight is 267 g/mol. The van der Waals surface area contributed by atoms with Crippen LogP contribution in [0.2, 0.25) is 0 Å². The number of unbranched alkanes of at least 4 members (excludes halogenated alkanes) is 2. The molecule has 5 heteroatoms. The van der Waals surface area contributed by atoms with Crippen LogP contribution in [0.1, 0.15) is 33.1 Å². The number of rotatable bonds is 8. The van der Waals surface area contributed by atoms with Crippen molar-refractivity contribution in [1.29, 1.82) is 0 Å². The first-order valence-electron chi connectivity index (χ1n) is 6.79. The highest BCUT2D eigenvalue weighted by molar-refractivity contribution is 5.54. The second-order valence-corrected chi connectivity index (χ2v) is 4.94. The van der Waals surface area contributed by atoms with E-state index in [9.17, 15) is 0 Å². The van der Waals surface area contributed by atoms with E-state index in [-0.39, 0.29) is 12.7 Å². The number of nitrogens with two attached hydrogens (primary N) is 1. The molecular formula is C14H25N3O2. The quantitative estimate of drug-likeness (QED) is 0.705. The Balaban J connectivity index is 2.61. The number of aromatic nitrogens is 1. The molecule has 3 N–H and O–H groups in total. The van der Waals surface area contributed by atoms with E-state index in [1.807, 2.05) is 33.0 Å². The Morgan fingerprint density at radius 3 is 2.68 bits per heavy atom. The molecule has 5 nitrogen and oxygen atoms in total. The lowest BCUT2D eigenvalue weighted by Gasteiger charge is -2.20. The minimum Gasteiger partial charge on any atom is -0.473 e. The molecule has 0 aliphatic rings. The molecule has 0 saturated carbocycles. The Labute approximate surface area is 115 Å². The number of nitrogens with zero attached hydrogens (tertiary/aromatic N) is 2. The molecule has 0 aliphatic heterocycles. The van der Waals surface area contributed by atoms with Crippen molar-refractivity contribution in [1.82, 2.24) is 4.98 Å². The maximum absolute atomic E-state index is 8.74. The third-order valence-electron chi connectivity index (χ3n) is 2.77. The van der Waals surface area contributed by atoms with E-state index in [2.05, 4.69) is 9.88 Å². The number of ether oxygens (including phenoxy) is 1. The maximum Gasteiger partial charge on any atom is 0.239 e. The molecule has 0 amide bonds. The standard InChI is InChI=1S/C14H25N3O2/c1-11(2)19-14-12(15)7-8-13(16-14)17(3)9-5-4-6-10-18/h7-8,11,18H,4-6,9-10,15H2,1-3H3. The summed E-state index contributed by atoms with van der Waals surface area (Å²) in [5.74, 6) is 1.35. The minimum atomic E-state index is 0.0555. The smallest absolute Gasteiger partial charge is 0.239 e. The van der Waals surface area contributed by atoms with E-state index in [0.717, 1.165) is 31.6 Å². The van der Waals surface area contributed by atoms with Crippen molar-refractivity contribution >= 4 is 11.5 Å². The number of anilines is 2. The molecule has 1 aromatic heterocycles. The second-order valence-electron chi connectivity index (χ2n) is 4.94. The molecule has 0 spiro atoms. The van der Waals surface area contributed by atoms with Gasteiger partial charge in [-0.25, -0.2) is 0 Å². The SMILES string of the molecule is CC(C)Oc1nc(N(C)CCCCCO)ccc1N. The van der Waals surface area contributed by atoms with E-state index < -0.39 is 0 Å². The Morgan fingerprint density at radius 1 is 1.32 bits per heavy atom. The summed E-state index contributed by atoms with van der Waals surface area (Å²) in [5, 5.41) is 8.74. The third-order valence-corrected chi connectivity index (χ3v) is 2.77. The molecular weight excluding hydrogens is 242 g/mol. The topological polar surface area (TPSA) is 71.6 Å². The first kappa shape index (κ1) is 15.6. The van der Waals surface area contributed by atoms with Gasteiger partial charge in [0, 0.05) is 20.2 Å². The van der Waals surface area contributed by atoms with Gasteiger partial charge in [0.15, 0.2) is 0 Å². The fourth-order valence-corrected chi connectivity index (χ4v) is 1.72. The van der Waals surface area contributed by atoms with Crippen molar-refractivity contribution in [3.05, 3.63) is 12.1 Å². The summed E-state index contributed by atoms with van der Waals surface area (Å²) in [6, 6.07) is 3.72. The van der Waals surface area contributed by atoms with E-state index in [4.69, 9.17) is 15.6 Å². The molecule has 0 bridgehead atoms. The lowest BCUT2D eigenvalue weighted by molar-refractivity contribution is 0.234. The normalized spacial score (nSPS) is 10.8. The number of hydrogen-bond acceptors (Lipinski definition) is 5. The van der Waals surface area contributed by atoms with Gasteiger partial charge < -0.3 is 20.5 Å². The molecule has 1 heterocycles. The third kappa shape index (κ3) is 5.34. The molecule has 0 fully saturated rings. The highest BCUT2D eigenvalue weighted by Gasteiger charge is 2.09. The van der Waals surface area contributed by atoms with Crippen molar-refractivity contribution in [2.45, 2.75) is 39.2 Å². The van der Waals surface area contributed by atoms with Crippen LogP contribution in [0.15, 0.2) is 12.1 Å². The van der Waals surface area contributed by atoms with Crippen molar-refractivity contribution in [3.8, 4) is 5.88 Å². The van der Waals surface area contributed by atoms with Crippen molar-refractivity contribution in [2.75, 3.05) is 30.8 Å². The fourth-order valence-electron chi connectivity index (χ4n) is 1.72. The summed E-state index contributed by atoms with van der Waals surface area (Å²) in [7, 11) is 2.00. The zero-order chi connectivity index (χ0) is 14.3. The Morgan fingerprint density at radius 2 is 2.05 bits per heavy atom. The molecule has 0 aliphatic carbocycles. The lowest BCUT2D eigenvalue weighted by atomic mass is 10.2. The molecule has 0 saturated heterocycles. The van der Waals surface area contributed by atoms with Crippen molar-refractivity contribution in [2.24, 2.45) is 0 Å². The van der Waals surface area contributed by atoms with Crippen molar-refractivity contribution in [3.63, 3.8) is 0 Å². The largest absolute Gasteiger partial charge is 0.473 e. The van der Waals surface area contributed by atoms with E-state index in [1.54, 1.807) is 0 Å². The van der Waals surface area contributed by atoms with Crippen molar-refractivity contribution < 1.29 is 9.84 Å². The van der Waals surface area contributed by atoms with Crippen LogP contribution >= 0.6 is 0 Å². The van der Waals surface area contributed by atoms with Gasteiger partial charge in [-0.3, -0.25) is 0 Å². The molecule has 0 aromatic carbocycles. The summed E-state index contributed by atoms with van der Waals surface area (Å²) >= 11 is 0. The van der Waals surface area contributed by atoms with Crippen LogP contribution in [0.3, 0.4) is 0 Å². The number of nitrogen functional groups attached to an aromatic ring is 1. The van der Waals surface area contributed by atoms with E-state index in [0.29, 0.717) is 11.6 Å². The summed E-state index contributed by atoms with van der Waals surface area (Å²) in [5.41, 5.74) is 6.40. The number of aliphatic hydroxyl groups is 1. The van der Waals surface area contributed by atoms with E-state index >= 15 is 0 Å². The van der Waals surface area contributed by atoms with Gasteiger partial charge >= 0.3 is 0 Å². The Hall–Kier alpha value is -1.49. The molecule has 0 atom stereocenters. The van der Waals surface area contributed by atoms with Crippen LogP contribution in [0, 0.1) is 0 Å². The fraction of sp³-hybridized carbons (Fsp3) is 0.643. The second kappa shape index (κ2) is 7.84. The maximum atomic E-state index is 8.74. The Bertz CT molecular complexity index is 383. The van der Waals surface area contributed by atoms with Crippen LogP contribution in [0.25, 0.3) is 0 Å². The molecule has 1 aromatic rings. The number of aliphatic hydroxyl groups excluding tert-OH is 1. The van der Waals surface area contributed by atoms with E-state index in [1.165, 1.54) is 0 Å². The first-order valence-corrected chi connectivity index (χ1v) is 6.79. The van der Waals surface area contributed by atoms with Gasteiger partial charge in [-0.1, -0.05) is 0 Å². The summed E-state index contributed by atoms with van der Waals surface area (Å²) in [4.78, 5) is 6.51. The summed E-state index contributed by atoms with van der Waals surface area (Å²) in [6.45, 7) is 5.06. The lowest BCUT2D eigenvalue weighted by Crippen LogP contribution is -2.20. The van der Waals surface area contributed by atoms with Gasteiger partial charge in [0.25, 0.3) is 0 Å². The monoisotopic (exact) mass is 267 g/mol. The zero-order valence-corrected chi connectivity index (χ0v) is 12.1. The average Bonchev–Trinajstić information content (AvgIpc) is 2.36. The van der Waals surface area contributed by atoms with Crippen LogP contribution in [-0.4, -0.2) is 36.4 Å². The van der Waals surface area contributed by atoms with Crippen LogP contribution in [0.4, 0.5) is 11.5 Å². The van der Waals surface area contributed by atoms with Gasteiger partial charge in [0.05, 0.1) is 11.8 Å². The highest BCUT2D eigenvalue weighted by atomic mass is 16.5. The number of pyridine rings is 1. The summed E-state index contributed by atoms with van der Waals surface area (Å²) < 4.78 is 5.58. The predicted octanol–water partition coefficient (Wildman–Crippen LogP) is 2.05. The molecule has 19 heavy (non-hydrogen) atoms. The van der Waals surface area contributed by atoms with Gasteiger partial charge in [0.2, 0.25) is 5.88 Å².